The van der Waals surface area contributed by atoms with Crippen LogP contribution in [-0.4, -0.2) is 26.6 Å². The van der Waals surface area contributed by atoms with E-state index in [9.17, 15) is 0 Å². The van der Waals surface area contributed by atoms with Gasteiger partial charge in [0.1, 0.15) is 11.6 Å². The van der Waals surface area contributed by atoms with Crippen molar-refractivity contribution in [2.24, 2.45) is 5.73 Å². The zero-order valence-corrected chi connectivity index (χ0v) is 11.8. The van der Waals surface area contributed by atoms with E-state index in [4.69, 9.17) is 5.73 Å². The first-order valence-electron chi connectivity index (χ1n) is 7.21. The average molecular weight is 271 g/mol. The second-order valence-electron chi connectivity index (χ2n) is 5.52. The molecule has 20 heavy (non-hydrogen) atoms. The van der Waals surface area contributed by atoms with Crippen molar-refractivity contribution < 1.29 is 0 Å². The Bertz CT molecular complexity index is 560. The SMILES string of the molecule is Cc1nccn1-c1ccc(NC2CCCC(N)C2)cn1. The molecule has 1 aliphatic rings. The molecule has 0 amide bonds. The molecule has 0 spiro atoms. The molecule has 1 saturated carbocycles. The van der Waals surface area contributed by atoms with Gasteiger partial charge in [0.15, 0.2) is 0 Å². The van der Waals surface area contributed by atoms with Crippen LogP contribution in [0.2, 0.25) is 0 Å². The first-order chi connectivity index (χ1) is 9.72. The number of pyridine rings is 1. The fourth-order valence-electron chi connectivity index (χ4n) is 2.83. The maximum Gasteiger partial charge on any atom is 0.138 e. The highest BCUT2D eigenvalue weighted by molar-refractivity contribution is 5.44. The van der Waals surface area contributed by atoms with Crippen LogP contribution < -0.4 is 11.1 Å². The van der Waals surface area contributed by atoms with Crippen molar-refractivity contribution in [2.45, 2.75) is 44.7 Å². The molecule has 0 radical (unpaired) electrons. The summed E-state index contributed by atoms with van der Waals surface area (Å²) in [6.07, 6.45) is 10.2. The molecule has 2 unspecified atom stereocenters. The Labute approximate surface area is 119 Å². The largest absolute Gasteiger partial charge is 0.381 e. The molecule has 2 aromatic heterocycles. The molecule has 0 bridgehead atoms. The number of aryl methyl sites for hydroxylation is 1. The third-order valence-corrected chi connectivity index (χ3v) is 3.91. The maximum atomic E-state index is 6.02. The van der Waals surface area contributed by atoms with E-state index in [1.54, 1.807) is 6.20 Å². The fraction of sp³-hybridized carbons (Fsp3) is 0.467. The Morgan fingerprint density at radius 2 is 2.20 bits per heavy atom. The Morgan fingerprint density at radius 3 is 2.85 bits per heavy atom. The molecule has 106 valence electrons. The lowest BCUT2D eigenvalue weighted by Gasteiger charge is -2.28. The van der Waals surface area contributed by atoms with E-state index in [-0.39, 0.29) is 0 Å². The molecule has 5 heteroatoms. The molecule has 5 nitrogen and oxygen atoms in total. The molecule has 0 aliphatic heterocycles. The van der Waals surface area contributed by atoms with Gasteiger partial charge in [-0.05, 0) is 44.7 Å². The quantitative estimate of drug-likeness (QED) is 0.898. The highest BCUT2D eigenvalue weighted by Crippen LogP contribution is 2.21. The van der Waals surface area contributed by atoms with E-state index in [0.717, 1.165) is 30.2 Å². The predicted molar refractivity (Wildman–Crippen MR) is 80.0 cm³/mol. The van der Waals surface area contributed by atoms with Crippen LogP contribution in [0.5, 0.6) is 0 Å². The van der Waals surface area contributed by atoms with Crippen LogP contribution in [0.1, 0.15) is 31.5 Å². The van der Waals surface area contributed by atoms with Crippen molar-refractivity contribution in [3.8, 4) is 5.82 Å². The predicted octanol–water partition coefficient (Wildman–Crippen LogP) is 2.26. The number of imidazole rings is 1. The van der Waals surface area contributed by atoms with E-state index < -0.39 is 0 Å². The number of nitrogens with zero attached hydrogens (tertiary/aromatic N) is 3. The van der Waals surface area contributed by atoms with E-state index in [0.29, 0.717) is 12.1 Å². The molecule has 2 heterocycles. The summed E-state index contributed by atoms with van der Waals surface area (Å²) in [6.45, 7) is 1.97. The average Bonchev–Trinajstić information content (AvgIpc) is 2.86. The van der Waals surface area contributed by atoms with Gasteiger partial charge in [-0.2, -0.15) is 0 Å². The van der Waals surface area contributed by atoms with Gasteiger partial charge in [0.25, 0.3) is 0 Å². The topological polar surface area (TPSA) is 68.8 Å². The van der Waals surface area contributed by atoms with Gasteiger partial charge < -0.3 is 11.1 Å². The van der Waals surface area contributed by atoms with Crippen LogP contribution in [0.25, 0.3) is 5.82 Å². The van der Waals surface area contributed by atoms with Crippen LogP contribution in [0.3, 0.4) is 0 Å². The first-order valence-corrected chi connectivity index (χ1v) is 7.21. The molecule has 0 saturated heterocycles. The van der Waals surface area contributed by atoms with Crippen molar-refractivity contribution in [3.63, 3.8) is 0 Å². The number of aromatic nitrogens is 3. The van der Waals surface area contributed by atoms with Crippen molar-refractivity contribution in [1.82, 2.24) is 14.5 Å². The Morgan fingerprint density at radius 1 is 1.30 bits per heavy atom. The standard InChI is InChI=1S/C15H21N5/c1-11-17-7-8-20(11)15-6-5-14(10-18-15)19-13-4-2-3-12(16)9-13/h5-8,10,12-13,19H,2-4,9,16H2,1H3. The van der Waals surface area contributed by atoms with E-state index in [1.807, 2.05) is 30.0 Å². The van der Waals surface area contributed by atoms with Crippen LogP contribution in [0.15, 0.2) is 30.7 Å². The number of nitrogens with two attached hydrogens (primary N) is 1. The normalized spacial score (nSPS) is 22.7. The van der Waals surface area contributed by atoms with Gasteiger partial charge in [-0.25, -0.2) is 9.97 Å². The number of hydrogen-bond acceptors (Lipinski definition) is 4. The van der Waals surface area contributed by atoms with Gasteiger partial charge in [0, 0.05) is 24.5 Å². The molecular weight excluding hydrogens is 250 g/mol. The number of hydrogen-bond donors (Lipinski definition) is 2. The van der Waals surface area contributed by atoms with Crippen LogP contribution in [-0.2, 0) is 0 Å². The van der Waals surface area contributed by atoms with Crippen molar-refractivity contribution >= 4 is 5.69 Å². The van der Waals surface area contributed by atoms with Crippen LogP contribution in [0.4, 0.5) is 5.69 Å². The minimum atomic E-state index is 0.335. The first kappa shape index (κ1) is 13.1. The lowest BCUT2D eigenvalue weighted by Crippen LogP contribution is -2.34. The lowest BCUT2D eigenvalue weighted by atomic mass is 9.91. The van der Waals surface area contributed by atoms with Gasteiger partial charge >= 0.3 is 0 Å². The minimum Gasteiger partial charge on any atom is -0.381 e. The monoisotopic (exact) mass is 271 g/mol. The fourth-order valence-corrected chi connectivity index (χ4v) is 2.83. The number of anilines is 1. The Kier molecular flexibility index (Phi) is 3.69. The molecule has 2 aromatic rings. The van der Waals surface area contributed by atoms with Crippen LogP contribution >= 0.6 is 0 Å². The molecule has 1 aliphatic carbocycles. The summed E-state index contributed by atoms with van der Waals surface area (Å²) in [4.78, 5) is 8.71. The second-order valence-corrected chi connectivity index (χ2v) is 5.52. The van der Waals surface area contributed by atoms with Gasteiger partial charge in [-0.15, -0.1) is 0 Å². The lowest BCUT2D eigenvalue weighted by molar-refractivity contribution is 0.409. The highest BCUT2D eigenvalue weighted by atomic mass is 15.1. The van der Waals surface area contributed by atoms with Crippen molar-refractivity contribution in [1.29, 1.82) is 0 Å². The molecule has 2 atom stereocenters. The Balaban J connectivity index is 1.69. The maximum absolute atomic E-state index is 6.02. The Hall–Kier alpha value is -1.88. The van der Waals surface area contributed by atoms with Gasteiger partial charge in [-0.3, -0.25) is 4.57 Å². The highest BCUT2D eigenvalue weighted by Gasteiger charge is 2.18. The molecular formula is C15H21N5. The van der Waals surface area contributed by atoms with Crippen molar-refractivity contribution in [2.75, 3.05) is 5.32 Å². The molecule has 0 aromatic carbocycles. The summed E-state index contributed by atoms with van der Waals surface area (Å²) in [5, 5.41) is 3.53. The van der Waals surface area contributed by atoms with E-state index in [1.165, 1.54) is 12.8 Å². The zero-order valence-electron chi connectivity index (χ0n) is 11.8. The number of rotatable bonds is 3. The summed E-state index contributed by atoms with van der Waals surface area (Å²) < 4.78 is 1.97. The zero-order chi connectivity index (χ0) is 13.9. The summed E-state index contributed by atoms with van der Waals surface area (Å²) in [5.74, 6) is 1.84. The van der Waals surface area contributed by atoms with Crippen LogP contribution in [0, 0.1) is 6.92 Å². The van der Waals surface area contributed by atoms with Gasteiger partial charge in [0.05, 0.1) is 11.9 Å². The van der Waals surface area contributed by atoms with E-state index in [2.05, 4.69) is 21.4 Å². The molecule has 3 N–H and O–H groups in total. The molecule has 3 rings (SSSR count). The molecule has 1 fully saturated rings. The number of nitrogens with one attached hydrogen (secondary N) is 1. The summed E-state index contributed by atoms with van der Waals surface area (Å²) >= 11 is 0. The minimum absolute atomic E-state index is 0.335. The summed E-state index contributed by atoms with van der Waals surface area (Å²) in [7, 11) is 0. The summed E-state index contributed by atoms with van der Waals surface area (Å²) in [5.41, 5.74) is 7.08. The van der Waals surface area contributed by atoms with Gasteiger partial charge in [0.2, 0.25) is 0 Å². The van der Waals surface area contributed by atoms with Crippen molar-refractivity contribution in [3.05, 3.63) is 36.5 Å². The smallest absolute Gasteiger partial charge is 0.138 e. The third kappa shape index (κ3) is 2.82. The van der Waals surface area contributed by atoms with E-state index >= 15 is 0 Å². The second kappa shape index (κ2) is 5.63. The summed E-state index contributed by atoms with van der Waals surface area (Å²) in [6, 6.07) is 4.89. The van der Waals surface area contributed by atoms with Gasteiger partial charge in [-0.1, -0.05) is 0 Å². The third-order valence-electron chi connectivity index (χ3n) is 3.91.